The van der Waals surface area contributed by atoms with Crippen LogP contribution in [0.4, 0.5) is 10.1 Å². The molecule has 1 aromatic heterocycles. The highest BCUT2D eigenvalue weighted by Crippen LogP contribution is 2.35. The summed E-state index contributed by atoms with van der Waals surface area (Å²) >= 11 is 8.82. The molecule has 1 fully saturated rings. The van der Waals surface area contributed by atoms with Gasteiger partial charge in [0.25, 0.3) is 0 Å². The molecule has 0 aromatic carbocycles. The minimum Gasteiger partial charge on any atom is -0.464 e. The third kappa shape index (κ3) is 2.75. The van der Waals surface area contributed by atoms with Gasteiger partial charge >= 0.3 is 5.97 Å². The Morgan fingerprint density at radius 1 is 1.67 bits per heavy atom. The van der Waals surface area contributed by atoms with Crippen LogP contribution in [0.3, 0.4) is 0 Å². The van der Waals surface area contributed by atoms with Crippen LogP contribution >= 0.6 is 27.5 Å². The van der Waals surface area contributed by atoms with Crippen LogP contribution in [-0.2, 0) is 4.74 Å². The Kier molecular flexibility index (Phi) is 4.07. The van der Waals surface area contributed by atoms with E-state index in [2.05, 4.69) is 31.0 Å². The van der Waals surface area contributed by atoms with Crippen LogP contribution in [0, 0.1) is 11.7 Å². The Morgan fingerprint density at radius 3 is 2.89 bits per heavy atom. The highest BCUT2D eigenvalue weighted by atomic mass is 79.9. The van der Waals surface area contributed by atoms with Crippen molar-refractivity contribution in [1.29, 1.82) is 0 Å². The first-order chi connectivity index (χ1) is 8.54. The third-order valence-corrected chi connectivity index (χ3v) is 3.70. The first kappa shape index (κ1) is 13.5. The van der Waals surface area contributed by atoms with Crippen LogP contribution in [0.15, 0.2) is 4.47 Å². The van der Waals surface area contributed by atoms with E-state index in [1.807, 2.05) is 0 Å². The maximum absolute atomic E-state index is 13.8. The molecule has 4 nitrogen and oxygen atoms in total. The van der Waals surface area contributed by atoms with E-state index in [0.29, 0.717) is 12.5 Å². The molecule has 0 bridgehead atoms. The van der Waals surface area contributed by atoms with E-state index in [1.54, 1.807) is 0 Å². The average Bonchev–Trinajstić information content (AvgIpc) is 3.17. The summed E-state index contributed by atoms with van der Waals surface area (Å²) in [6.07, 6.45) is 2.27. The molecule has 98 valence electrons. The van der Waals surface area contributed by atoms with Crippen molar-refractivity contribution in [1.82, 2.24) is 4.98 Å². The number of methoxy groups -OCH3 is 1. The van der Waals surface area contributed by atoms with Crippen molar-refractivity contribution in [3.8, 4) is 0 Å². The highest BCUT2D eigenvalue weighted by molar-refractivity contribution is 9.10. The Balaban J connectivity index is 2.34. The van der Waals surface area contributed by atoms with Gasteiger partial charge in [-0.25, -0.2) is 14.2 Å². The molecular formula is C11H11BrClFN2O2. The van der Waals surface area contributed by atoms with Crippen molar-refractivity contribution in [3.05, 3.63) is 21.1 Å². The number of hydrogen-bond donors (Lipinski definition) is 1. The molecule has 1 heterocycles. The topological polar surface area (TPSA) is 51.2 Å². The van der Waals surface area contributed by atoms with E-state index < -0.39 is 11.8 Å². The quantitative estimate of drug-likeness (QED) is 0.677. The summed E-state index contributed by atoms with van der Waals surface area (Å²) < 4.78 is 18.6. The number of rotatable bonds is 4. The molecule has 2 rings (SSSR count). The number of carbonyl (C=O) groups excluding carboxylic acids is 1. The first-order valence-electron chi connectivity index (χ1n) is 5.41. The van der Waals surface area contributed by atoms with E-state index in [4.69, 9.17) is 11.6 Å². The second kappa shape index (κ2) is 5.40. The molecular weight excluding hydrogens is 326 g/mol. The lowest BCUT2D eigenvalue weighted by atomic mass is 10.3. The molecule has 1 saturated carbocycles. The van der Waals surface area contributed by atoms with Gasteiger partial charge in [0.05, 0.1) is 17.3 Å². The minimum atomic E-state index is -0.670. The predicted molar refractivity (Wildman–Crippen MR) is 69.5 cm³/mol. The van der Waals surface area contributed by atoms with Crippen LogP contribution < -0.4 is 5.32 Å². The van der Waals surface area contributed by atoms with E-state index in [9.17, 15) is 9.18 Å². The number of esters is 1. The van der Waals surface area contributed by atoms with Crippen LogP contribution in [0.5, 0.6) is 0 Å². The summed E-state index contributed by atoms with van der Waals surface area (Å²) in [6.45, 7) is 0.649. The monoisotopic (exact) mass is 336 g/mol. The van der Waals surface area contributed by atoms with Gasteiger partial charge in [-0.2, -0.15) is 0 Å². The molecule has 1 N–H and O–H groups in total. The maximum atomic E-state index is 13.8. The lowest BCUT2D eigenvalue weighted by Crippen LogP contribution is -2.12. The van der Waals surface area contributed by atoms with E-state index >= 15 is 0 Å². The fraction of sp³-hybridized carbons (Fsp3) is 0.455. The molecule has 0 atom stereocenters. The Bertz CT molecular complexity index is 494. The van der Waals surface area contributed by atoms with E-state index in [1.165, 1.54) is 7.11 Å². The van der Waals surface area contributed by atoms with Crippen molar-refractivity contribution in [2.45, 2.75) is 12.8 Å². The average molecular weight is 338 g/mol. The minimum absolute atomic E-state index is 0.0396. The maximum Gasteiger partial charge on any atom is 0.357 e. The number of nitrogens with zero attached hydrogens (tertiary/aromatic N) is 1. The van der Waals surface area contributed by atoms with E-state index in [0.717, 1.165) is 12.8 Å². The van der Waals surface area contributed by atoms with Gasteiger partial charge in [0, 0.05) is 6.54 Å². The molecule has 0 radical (unpaired) electrons. The summed E-state index contributed by atoms with van der Waals surface area (Å²) in [5.74, 6) is -0.778. The number of hydrogen-bond acceptors (Lipinski definition) is 4. The van der Waals surface area contributed by atoms with E-state index in [-0.39, 0.29) is 21.0 Å². The van der Waals surface area contributed by atoms with Gasteiger partial charge in [-0.05, 0) is 34.7 Å². The molecule has 0 amide bonds. The van der Waals surface area contributed by atoms with Gasteiger partial charge in [-0.1, -0.05) is 11.6 Å². The van der Waals surface area contributed by atoms with Crippen molar-refractivity contribution in [2.75, 3.05) is 19.0 Å². The van der Waals surface area contributed by atoms with Gasteiger partial charge in [0.2, 0.25) is 0 Å². The molecule has 7 heteroatoms. The predicted octanol–water partition coefficient (Wildman–Crippen LogP) is 3.25. The van der Waals surface area contributed by atoms with Crippen molar-refractivity contribution in [2.24, 2.45) is 5.92 Å². The van der Waals surface area contributed by atoms with Gasteiger partial charge in [-0.3, -0.25) is 0 Å². The van der Waals surface area contributed by atoms with Gasteiger partial charge < -0.3 is 10.1 Å². The number of pyridine rings is 1. The van der Waals surface area contributed by atoms with Crippen LogP contribution in [-0.4, -0.2) is 24.6 Å². The second-order valence-corrected chi connectivity index (χ2v) is 5.22. The molecule has 0 spiro atoms. The molecule has 1 aliphatic carbocycles. The fourth-order valence-electron chi connectivity index (χ4n) is 1.47. The molecule has 1 aromatic rings. The third-order valence-electron chi connectivity index (χ3n) is 2.68. The number of carbonyl (C=O) groups is 1. The lowest BCUT2D eigenvalue weighted by molar-refractivity contribution is 0.0593. The SMILES string of the molecule is COC(=O)c1nc(Cl)c(F)c(NCC2CC2)c1Br. The summed E-state index contributed by atoms with van der Waals surface area (Å²) in [5, 5.41) is 2.60. The molecule has 0 aliphatic heterocycles. The first-order valence-corrected chi connectivity index (χ1v) is 6.58. The molecule has 18 heavy (non-hydrogen) atoms. The Morgan fingerprint density at radius 2 is 2.33 bits per heavy atom. The summed E-state index contributed by atoms with van der Waals surface area (Å²) in [4.78, 5) is 15.2. The highest BCUT2D eigenvalue weighted by Gasteiger charge is 2.25. The van der Waals surface area contributed by atoms with Gasteiger partial charge in [0.1, 0.15) is 0 Å². The van der Waals surface area contributed by atoms with Crippen molar-refractivity contribution in [3.63, 3.8) is 0 Å². The zero-order valence-electron chi connectivity index (χ0n) is 9.60. The summed E-state index contributed by atoms with van der Waals surface area (Å²) in [6, 6.07) is 0. The van der Waals surface area contributed by atoms with Crippen LogP contribution in [0.1, 0.15) is 23.3 Å². The van der Waals surface area contributed by atoms with Crippen LogP contribution in [0.2, 0.25) is 5.15 Å². The fourth-order valence-corrected chi connectivity index (χ4v) is 2.21. The smallest absolute Gasteiger partial charge is 0.357 e. The molecule has 0 saturated heterocycles. The van der Waals surface area contributed by atoms with Gasteiger partial charge in [-0.15, -0.1) is 0 Å². The largest absolute Gasteiger partial charge is 0.464 e. The number of ether oxygens (including phenoxy) is 1. The number of halogens is 3. The van der Waals surface area contributed by atoms with Crippen molar-refractivity contribution < 1.29 is 13.9 Å². The zero-order chi connectivity index (χ0) is 13.3. The van der Waals surface area contributed by atoms with Crippen molar-refractivity contribution >= 4 is 39.2 Å². The molecule has 0 unspecified atom stereocenters. The standard InChI is InChI=1S/C11H11BrClFN2O2/c1-18-11(17)9-6(12)8(7(14)10(13)16-9)15-4-5-2-3-5/h5H,2-4H2,1H3,(H,15,16). The summed E-state index contributed by atoms with van der Waals surface area (Å²) in [7, 11) is 1.23. The number of aromatic nitrogens is 1. The van der Waals surface area contributed by atoms with Gasteiger partial charge in [0.15, 0.2) is 16.7 Å². The summed E-state index contributed by atoms with van der Waals surface area (Å²) in [5.41, 5.74) is 0.115. The van der Waals surface area contributed by atoms with Crippen LogP contribution in [0.25, 0.3) is 0 Å². The number of anilines is 1. The normalized spacial score (nSPS) is 14.4. The Labute approximate surface area is 117 Å². The second-order valence-electron chi connectivity index (χ2n) is 4.07. The lowest BCUT2D eigenvalue weighted by Gasteiger charge is -2.12. The zero-order valence-corrected chi connectivity index (χ0v) is 11.9. The number of nitrogens with one attached hydrogen (secondary N) is 1. The molecule has 1 aliphatic rings. The Hall–Kier alpha value is -0.880.